The Bertz CT molecular complexity index is 859. The van der Waals surface area contributed by atoms with Crippen molar-refractivity contribution in [3.05, 3.63) is 64.7 Å². The van der Waals surface area contributed by atoms with Crippen molar-refractivity contribution >= 4 is 11.6 Å². The van der Waals surface area contributed by atoms with Crippen molar-refractivity contribution in [3.63, 3.8) is 0 Å². The van der Waals surface area contributed by atoms with Crippen molar-refractivity contribution in [2.75, 3.05) is 6.54 Å². The molecule has 0 saturated heterocycles. The van der Waals surface area contributed by atoms with Crippen LogP contribution in [0.2, 0.25) is 5.02 Å². The van der Waals surface area contributed by atoms with Crippen molar-refractivity contribution in [3.8, 4) is 11.4 Å². The van der Waals surface area contributed by atoms with Gasteiger partial charge in [0.15, 0.2) is 5.82 Å². The van der Waals surface area contributed by atoms with E-state index in [1.807, 2.05) is 49.8 Å². The van der Waals surface area contributed by atoms with Crippen LogP contribution >= 0.6 is 11.6 Å². The number of halogens is 1. The molecule has 0 radical (unpaired) electrons. The molecule has 6 heteroatoms. The van der Waals surface area contributed by atoms with Gasteiger partial charge in [-0.25, -0.2) is 9.97 Å². The summed E-state index contributed by atoms with van der Waals surface area (Å²) in [5.74, 6) is 0.801. The van der Waals surface area contributed by atoms with Crippen molar-refractivity contribution in [2.45, 2.75) is 19.5 Å². The lowest BCUT2D eigenvalue weighted by Gasteiger charge is -2.27. The monoisotopic (exact) mass is 339 g/mol. The fourth-order valence-electron chi connectivity index (χ4n) is 3.06. The van der Waals surface area contributed by atoms with Gasteiger partial charge in [0.1, 0.15) is 0 Å². The molecular weight excluding hydrogens is 322 g/mol. The molecule has 0 N–H and O–H groups in total. The zero-order chi connectivity index (χ0) is 16.5. The molecule has 3 heterocycles. The van der Waals surface area contributed by atoms with Crippen LogP contribution < -0.4 is 0 Å². The van der Waals surface area contributed by atoms with Gasteiger partial charge in [-0.1, -0.05) is 41.9 Å². The van der Waals surface area contributed by atoms with Gasteiger partial charge < -0.3 is 0 Å². The minimum absolute atomic E-state index is 0.721. The van der Waals surface area contributed by atoms with Crippen LogP contribution in [0.3, 0.4) is 0 Å². The van der Waals surface area contributed by atoms with E-state index in [4.69, 9.17) is 16.6 Å². The van der Waals surface area contributed by atoms with Crippen molar-refractivity contribution in [1.29, 1.82) is 0 Å². The van der Waals surface area contributed by atoms with E-state index in [2.05, 4.69) is 15.0 Å². The molecule has 1 aliphatic rings. The Hall–Kier alpha value is -2.24. The van der Waals surface area contributed by atoms with Gasteiger partial charge in [0, 0.05) is 56.6 Å². The summed E-state index contributed by atoms with van der Waals surface area (Å²) in [6.45, 7) is 2.53. The first kappa shape index (κ1) is 15.3. The summed E-state index contributed by atoms with van der Waals surface area (Å²) in [6, 6.07) is 10.1. The lowest BCUT2D eigenvalue weighted by atomic mass is 10.1. The van der Waals surface area contributed by atoms with Crippen LogP contribution in [0.15, 0.2) is 42.7 Å². The third kappa shape index (κ3) is 3.05. The highest BCUT2D eigenvalue weighted by Crippen LogP contribution is 2.23. The second-order valence-electron chi connectivity index (χ2n) is 6.09. The van der Waals surface area contributed by atoms with Gasteiger partial charge in [-0.3, -0.25) is 9.58 Å². The van der Waals surface area contributed by atoms with Crippen LogP contribution in [0.5, 0.6) is 0 Å². The maximum Gasteiger partial charge on any atom is 0.159 e. The molecule has 0 unspecified atom stereocenters. The first-order valence-corrected chi connectivity index (χ1v) is 8.37. The third-order valence-electron chi connectivity index (χ3n) is 4.27. The number of nitrogens with zero attached hydrogens (tertiary/aromatic N) is 5. The second-order valence-corrected chi connectivity index (χ2v) is 6.50. The maximum absolute atomic E-state index is 6.22. The summed E-state index contributed by atoms with van der Waals surface area (Å²) < 4.78 is 1.75. The molecule has 122 valence electrons. The van der Waals surface area contributed by atoms with Crippen LogP contribution in [0.25, 0.3) is 11.4 Å². The molecule has 0 aliphatic carbocycles. The molecule has 5 nitrogen and oxygen atoms in total. The van der Waals surface area contributed by atoms with E-state index in [-0.39, 0.29) is 0 Å². The minimum atomic E-state index is 0.721. The van der Waals surface area contributed by atoms with Gasteiger partial charge >= 0.3 is 0 Å². The SMILES string of the molecule is Cn1cc(Cl)c(CN2CCc3nc(-c4ccccc4)ncc3C2)n1. The second kappa shape index (κ2) is 6.34. The Morgan fingerprint density at radius 1 is 1.21 bits per heavy atom. The summed E-state index contributed by atoms with van der Waals surface area (Å²) in [7, 11) is 1.89. The highest BCUT2D eigenvalue weighted by Gasteiger charge is 2.20. The fraction of sp³-hybridized carbons (Fsp3) is 0.278. The number of benzene rings is 1. The smallest absolute Gasteiger partial charge is 0.159 e. The zero-order valence-corrected chi connectivity index (χ0v) is 14.2. The van der Waals surface area contributed by atoms with Gasteiger partial charge in [-0.05, 0) is 0 Å². The quantitative estimate of drug-likeness (QED) is 0.735. The van der Waals surface area contributed by atoms with Crippen LogP contribution in [-0.2, 0) is 26.6 Å². The van der Waals surface area contributed by atoms with E-state index in [0.29, 0.717) is 0 Å². The molecule has 0 saturated carbocycles. The third-order valence-corrected chi connectivity index (χ3v) is 4.59. The molecule has 1 aliphatic heterocycles. The van der Waals surface area contributed by atoms with Crippen LogP contribution in [-0.4, -0.2) is 31.2 Å². The average Bonchev–Trinajstić information content (AvgIpc) is 2.92. The summed E-state index contributed by atoms with van der Waals surface area (Å²) in [5, 5.41) is 5.15. The number of fused-ring (bicyclic) bond motifs is 1. The standard InChI is InChI=1S/C18H18ClN5/c1-23-11-15(19)17(22-23)12-24-8-7-16-14(10-24)9-20-18(21-16)13-5-3-2-4-6-13/h2-6,9,11H,7-8,10,12H2,1H3. The van der Waals surface area contributed by atoms with Crippen molar-refractivity contribution in [2.24, 2.45) is 7.05 Å². The lowest BCUT2D eigenvalue weighted by molar-refractivity contribution is 0.239. The number of aryl methyl sites for hydroxylation is 1. The van der Waals surface area contributed by atoms with E-state index >= 15 is 0 Å². The molecular formula is C18H18ClN5. The first-order valence-electron chi connectivity index (χ1n) is 7.99. The molecule has 24 heavy (non-hydrogen) atoms. The van der Waals surface area contributed by atoms with E-state index in [1.165, 1.54) is 5.56 Å². The van der Waals surface area contributed by atoms with Gasteiger partial charge in [0.05, 0.1) is 16.4 Å². The molecule has 0 spiro atoms. The van der Waals surface area contributed by atoms with E-state index in [1.54, 1.807) is 4.68 Å². The van der Waals surface area contributed by atoms with Crippen LogP contribution in [0.1, 0.15) is 17.0 Å². The van der Waals surface area contributed by atoms with Gasteiger partial charge in [0.2, 0.25) is 0 Å². The highest BCUT2D eigenvalue weighted by molar-refractivity contribution is 6.31. The normalized spacial score (nSPS) is 14.6. The predicted octanol–water partition coefficient (Wildman–Crippen LogP) is 3.09. The maximum atomic E-state index is 6.22. The number of rotatable bonds is 3. The summed E-state index contributed by atoms with van der Waals surface area (Å²) in [4.78, 5) is 11.6. The van der Waals surface area contributed by atoms with Crippen LogP contribution in [0.4, 0.5) is 0 Å². The molecule has 0 fully saturated rings. The van der Waals surface area contributed by atoms with Gasteiger partial charge in [-0.15, -0.1) is 0 Å². The largest absolute Gasteiger partial charge is 0.293 e. The molecule has 1 aromatic carbocycles. The van der Waals surface area contributed by atoms with Gasteiger partial charge in [0.25, 0.3) is 0 Å². The Kier molecular flexibility index (Phi) is 4.04. The zero-order valence-electron chi connectivity index (χ0n) is 13.5. The van der Waals surface area contributed by atoms with Crippen molar-refractivity contribution < 1.29 is 0 Å². The molecule has 2 aromatic heterocycles. The van der Waals surface area contributed by atoms with E-state index in [9.17, 15) is 0 Å². The Balaban J connectivity index is 1.53. The Morgan fingerprint density at radius 2 is 2.04 bits per heavy atom. The van der Waals surface area contributed by atoms with Crippen LogP contribution in [0, 0.1) is 0 Å². The molecule has 4 rings (SSSR count). The number of hydrogen-bond acceptors (Lipinski definition) is 4. The topological polar surface area (TPSA) is 46.8 Å². The number of hydrogen-bond donors (Lipinski definition) is 0. The number of aromatic nitrogens is 4. The molecule has 0 atom stereocenters. The highest BCUT2D eigenvalue weighted by atomic mass is 35.5. The molecule has 0 amide bonds. The fourth-order valence-corrected chi connectivity index (χ4v) is 3.30. The van der Waals surface area contributed by atoms with Crippen molar-refractivity contribution in [1.82, 2.24) is 24.6 Å². The molecule has 3 aromatic rings. The first-order chi connectivity index (χ1) is 11.7. The summed E-state index contributed by atoms with van der Waals surface area (Å²) in [6.07, 6.45) is 4.71. The predicted molar refractivity (Wildman–Crippen MR) is 93.5 cm³/mol. The molecule has 0 bridgehead atoms. The van der Waals surface area contributed by atoms with Gasteiger partial charge in [-0.2, -0.15) is 5.10 Å². The lowest BCUT2D eigenvalue weighted by Crippen LogP contribution is -2.31. The Morgan fingerprint density at radius 3 is 2.79 bits per heavy atom. The van der Waals surface area contributed by atoms with E-state index < -0.39 is 0 Å². The Labute approximate surface area is 145 Å². The summed E-state index contributed by atoms with van der Waals surface area (Å²) >= 11 is 6.22. The van der Waals surface area contributed by atoms with E-state index in [0.717, 1.165) is 53.9 Å². The summed E-state index contributed by atoms with van der Waals surface area (Å²) in [5.41, 5.74) is 4.31. The average molecular weight is 340 g/mol. The minimum Gasteiger partial charge on any atom is -0.293 e.